The minimum Gasteiger partial charge on any atom is -0.309 e. The van der Waals surface area contributed by atoms with Crippen LogP contribution in [0.1, 0.15) is 30.9 Å². The van der Waals surface area contributed by atoms with Crippen LogP contribution in [0.5, 0.6) is 0 Å². The molecule has 1 fully saturated rings. The molecule has 5 heteroatoms. The first kappa shape index (κ1) is 14.5. The van der Waals surface area contributed by atoms with Crippen LogP contribution in [0, 0.1) is 0 Å². The van der Waals surface area contributed by atoms with Crippen LogP contribution < -0.4 is 4.72 Å². The van der Waals surface area contributed by atoms with Gasteiger partial charge in [0.1, 0.15) is 0 Å². The van der Waals surface area contributed by atoms with Crippen molar-refractivity contribution in [1.29, 1.82) is 0 Å². The Labute approximate surface area is 115 Å². The maximum atomic E-state index is 12.1. The second-order valence-electron chi connectivity index (χ2n) is 5.42. The van der Waals surface area contributed by atoms with E-state index < -0.39 is 10.0 Å². The molecule has 1 saturated carbocycles. The molecule has 1 N–H and O–H groups in total. The SMILES string of the molecule is CN(C)CCC(NS(=O)(=O)C1CC1)c1ccccc1. The van der Waals surface area contributed by atoms with Crippen LogP contribution in [0.4, 0.5) is 0 Å². The van der Waals surface area contributed by atoms with Gasteiger partial charge in [-0.15, -0.1) is 0 Å². The second-order valence-corrected chi connectivity index (χ2v) is 7.41. The van der Waals surface area contributed by atoms with Crippen molar-refractivity contribution < 1.29 is 8.42 Å². The van der Waals surface area contributed by atoms with Crippen LogP contribution in [-0.4, -0.2) is 39.2 Å². The molecule has 0 bridgehead atoms. The lowest BCUT2D eigenvalue weighted by Gasteiger charge is -2.21. The van der Waals surface area contributed by atoms with Crippen LogP contribution in [0.3, 0.4) is 0 Å². The lowest BCUT2D eigenvalue weighted by molar-refractivity contribution is 0.375. The van der Waals surface area contributed by atoms with E-state index in [1.54, 1.807) is 0 Å². The Bertz CT molecular complexity index is 495. The maximum absolute atomic E-state index is 12.1. The van der Waals surface area contributed by atoms with Crippen molar-refractivity contribution in [3.63, 3.8) is 0 Å². The molecule has 0 radical (unpaired) electrons. The van der Waals surface area contributed by atoms with Gasteiger partial charge in [-0.3, -0.25) is 0 Å². The number of hydrogen-bond acceptors (Lipinski definition) is 3. The molecular formula is C14H22N2O2S. The van der Waals surface area contributed by atoms with Crippen molar-refractivity contribution in [1.82, 2.24) is 9.62 Å². The van der Waals surface area contributed by atoms with Crippen LogP contribution in [0.2, 0.25) is 0 Å². The summed E-state index contributed by atoms with van der Waals surface area (Å²) in [5.41, 5.74) is 1.04. The average molecular weight is 282 g/mol. The van der Waals surface area contributed by atoms with Gasteiger partial charge in [0.15, 0.2) is 0 Å². The molecule has 1 unspecified atom stereocenters. The Balaban J connectivity index is 2.10. The zero-order valence-corrected chi connectivity index (χ0v) is 12.4. The largest absolute Gasteiger partial charge is 0.309 e. The summed E-state index contributed by atoms with van der Waals surface area (Å²) in [4.78, 5) is 2.07. The van der Waals surface area contributed by atoms with Crippen molar-refractivity contribution in [2.45, 2.75) is 30.6 Å². The summed E-state index contributed by atoms with van der Waals surface area (Å²) in [6, 6.07) is 9.68. The summed E-state index contributed by atoms with van der Waals surface area (Å²) in [6.45, 7) is 0.854. The Kier molecular flexibility index (Phi) is 4.60. The third kappa shape index (κ3) is 4.30. The summed E-state index contributed by atoms with van der Waals surface area (Å²) in [7, 11) is 0.844. The minimum atomic E-state index is -3.15. The maximum Gasteiger partial charge on any atom is 0.215 e. The normalized spacial score (nSPS) is 17.6. The molecule has 1 atom stereocenters. The molecule has 0 spiro atoms. The van der Waals surface area contributed by atoms with Gasteiger partial charge in [-0.1, -0.05) is 30.3 Å². The van der Waals surface area contributed by atoms with Gasteiger partial charge in [-0.05, 0) is 45.5 Å². The highest BCUT2D eigenvalue weighted by molar-refractivity contribution is 7.90. The number of rotatable bonds is 7. The predicted octanol–water partition coefficient (Wildman–Crippen LogP) is 1.76. The smallest absolute Gasteiger partial charge is 0.215 e. The molecule has 0 aliphatic heterocycles. The Morgan fingerprint density at radius 1 is 1.26 bits per heavy atom. The lowest BCUT2D eigenvalue weighted by Crippen LogP contribution is -2.33. The summed E-state index contributed by atoms with van der Waals surface area (Å²) in [5, 5.41) is -0.168. The fraction of sp³-hybridized carbons (Fsp3) is 0.571. The Hall–Kier alpha value is -0.910. The molecule has 0 amide bonds. The summed E-state index contributed by atoms with van der Waals surface area (Å²) < 4.78 is 27.1. The summed E-state index contributed by atoms with van der Waals surface area (Å²) >= 11 is 0. The molecule has 1 aliphatic carbocycles. The number of nitrogens with zero attached hydrogens (tertiary/aromatic N) is 1. The van der Waals surface area contributed by atoms with E-state index in [0.717, 1.165) is 31.4 Å². The van der Waals surface area contributed by atoms with E-state index in [9.17, 15) is 8.42 Å². The molecule has 4 nitrogen and oxygen atoms in total. The summed E-state index contributed by atoms with van der Waals surface area (Å²) in [5.74, 6) is 0. The van der Waals surface area contributed by atoms with Crippen LogP contribution in [-0.2, 0) is 10.0 Å². The first-order chi connectivity index (χ1) is 8.99. The highest BCUT2D eigenvalue weighted by Gasteiger charge is 2.37. The predicted molar refractivity (Wildman–Crippen MR) is 77.4 cm³/mol. The van der Waals surface area contributed by atoms with Gasteiger partial charge in [0, 0.05) is 6.04 Å². The van der Waals surface area contributed by atoms with E-state index in [4.69, 9.17) is 0 Å². The van der Waals surface area contributed by atoms with Gasteiger partial charge < -0.3 is 4.90 Å². The van der Waals surface area contributed by atoms with E-state index in [1.807, 2.05) is 44.4 Å². The van der Waals surface area contributed by atoms with Crippen molar-refractivity contribution in [2.75, 3.05) is 20.6 Å². The molecule has 1 aliphatic rings. The minimum absolute atomic E-state index is 0.130. The number of nitrogens with one attached hydrogen (secondary N) is 1. The standard InChI is InChI=1S/C14H22N2O2S/c1-16(2)11-10-14(12-6-4-3-5-7-12)15-19(17,18)13-8-9-13/h3-7,13-15H,8-11H2,1-2H3. The van der Waals surface area contributed by atoms with E-state index in [-0.39, 0.29) is 11.3 Å². The van der Waals surface area contributed by atoms with E-state index in [0.29, 0.717) is 0 Å². The first-order valence-electron chi connectivity index (χ1n) is 6.70. The average Bonchev–Trinajstić information content (AvgIpc) is 3.20. The van der Waals surface area contributed by atoms with Gasteiger partial charge in [0.05, 0.1) is 5.25 Å². The molecule has 2 rings (SSSR count). The van der Waals surface area contributed by atoms with Crippen LogP contribution >= 0.6 is 0 Å². The van der Waals surface area contributed by atoms with Crippen LogP contribution in [0.25, 0.3) is 0 Å². The topological polar surface area (TPSA) is 49.4 Å². The zero-order valence-electron chi connectivity index (χ0n) is 11.5. The summed E-state index contributed by atoms with van der Waals surface area (Å²) in [6.07, 6.45) is 2.37. The molecule has 1 aromatic rings. The third-order valence-electron chi connectivity index (χ3n) is 3.34. The van der Waals surface area contributed by atoms with Crippen molar-refractivity contribution in [2.24, 2.45) is 0 Å². The Morgan fingerprint density at radius 2 is 1.89 bits per heavy atom. The molecule has 0 saturated heterocycles. The highest BCUT2D eigenvalue weighted by atomic mass is 32.2. The molecule has 106 valence electrons. The highest BCUT2D eigenvalue weighted by Crippen LogP contribution is 2.29. The fourth-order valence-corrected chi connectivity index (χ4v) is 3.64. The lowest BCUT2D eigenvalue weighted by atomic mass is 10.0. The second kappa shape index (κ2) is 6.03. The Morgan fingerprint density at radius 3 is 2.42 bits per heavy atom. The van der Waals surface area contributed by atoms with E-state index in [1.165, 1.54) is 0 Å². The molecule has 1 aromatic carbocycles. The first-order valence-corrected chi connectivity index (χ1v) is 8.24. The van der Waals surface area contributed by atoms with Gasteiger partial charge >= 0.3 is 0 Å². The molecule has 0 heterocycles. The van der Waals surface area contributed by atoms with Crippen LogP contribution in [0.15, 0.2) is 30.3 Å². The molecule has 0 aromatic heterocycles. The van der Waals surface area contributed by atoms with Crippen molar-refractivity contribution >= 4 is 10.0 Å². The zero-order chi connectivity index (χ0) is 13.9. The molecule has 19 heavy (non-hydrogen) atoms. The van der Waals surface area contributed by atoms with Crippen molar-refractivity contribution in [3.05, 3.63) is 35.9 Å². The van der Waals surface area contributed by atoms with E-state index in [2.05, 4.69) is 9.62 Å². The third-order valence-corrected chi connectivity index (χ3v) is 5.30. The quantitative estimate of drug-likeness (QED) is 0.829. The van der Waals surface area contributed by atoms with Crippen molar-refractivity contribution in [3.8, 4) is 0 Å². The van der Waals surface area contributed by atoms with Gasteiger partial charge in [-0.2, -0.15) is 0 Å². The van der Waals surface area contributed by atoms with E-state index >= 15 is 0 Å². The fourth-order valence-electron chi connectivity index (χ4n) is 2.04. The number of sulfonamides is 1. The monoisotopic (exact) mass is 282 g/mol. The number of benzene rings is 1. The molecular weight excluding hydrogens is 260 g/mol. The van der Waals surface area contributed by atoms with Gasteiger partial charge in [0.25, 0.3) is 0 Å². The van der Waals surface area contributed by atoms with Gasteiger partial charge in [0.2, 0.25) is 10.0 Å². The number of hydrogen-bond donors (Lipinski definition) is 1. The van der Waals surface area contributed by atoms with Gasteiger partial charge in [-0.25, -0.2) is 13.1 Å².